The molecule has 1 aromatic heterocycles. The first-order valence-corrected chi connectivity index (χ1v) is 10.5. The molecule has 0 aliphatic heterocycles. The van der Waals surface area contributed by atoms with Crippen molar-refractivity contribution in [3.05, 3.63) is 112 Å². The highest BCUT2D eigenvalue weighted by Gasteiger charge is 2.29. The minimum Gasteiger partial charge on any atom is -0.464 e. The van der Waals surface area contributed by atoms with Crippen LogP contribution in [0.2, 0.25) is 0 Å². The molecule has 0 N–H and O–H groups in total. The molecule has 0 radical (unpaired) electrons. The number of methoxy groups -OCH3 is 1. The Bertz CT molecular complexity index is 1220. The van der Waals surface area contributed by atoms with Gasteiger partial charge in [-0.25, -0.2) is 9.48 Å². The third kappa shape index (κ3) is 4.34. The average Bonchev–Trinajstić information content (AvgIpc) is 3.25. The normalized spacial score (nSPS) is 11.7. The van der Waals surface area contributed by atoms with Gasteiger partial charge in [0.2, 0.25) is 0 Å². The Labute approximate surface area is 188 Å². The number of carbonyl (C=O) groups excluding carboxylic acids is 2. The molecule has 31 heavy (non-hydrogen) atoms. The van der Waals surface area contributed by atoms with E-state index in [1.54, 1.807) is 22.9 Å². The van der Waals surface area contributed by atoms with Gasteiger partial charge < -0.3 is 4.74 Å². The van der Waals surface area contributed by atoms with Crippen LogP contribution in [0.1, 0.15) is 32.5 Å². The predicted molar refractivity (Wildman–Crippen MR) is 122 cm³/mol. The van der Waals surface area contributed by atoms with Crippen molar-refractivity contribution in [2.45, 2.75) is 6.04 Å². The molecule has 4 aromatic rings. The summed E-state index contributed by atoms with van der Waals surface area (Å²) < 4.78 is 7.37. The molecule has 5 nitrogen and oxygen atoms in total. The SMILES string of the molecule is COC(=O)c1cc(-c2cccc(Br)c2)n(C(C(=O)c2ccccc2)c2ccccc2)n1. The molecule has 0 saturated heterocycles. The number of halogens is 1. The second-order valence-electron chi connectivity index (χ2n) is 6.90. The zero-order valence-electron chi connectivity index (χ0n) is 16.7. The standard InChI is InChI=1S/C25H19BrN2O3/c1-31-25(30)21-16-22(19-13-8-14-20(26)15-19)28(27-21)23(17-9-4-2-5-10-17)24(29)18-11-6-3-7-12-18/h2-16,23H,1H3. The van der Waals surface area contributed by atoms with E-state index >= 15 is 0 Å². The van der Waals surface area contributed by atoms with Gasteiger partial charge in [0, 0.05) is 15.6 Å². The zero-order chi connectivity index (χ0) is 21.8. The van der Waals surface area contributed by atoms with E-state index in [9.17, 15) is 9.59 Å². The Hall–Kier alpha value is -3.51. The van der Waals surface area contributed by atoms with E-state index in [1.165, 1.54) is 7.11 Å². The van der Waals surface area contributed by atoms with E-state index in [2.05, 4.69) is 21.0 Å². The fourth-order valence-electron chi connectivity index (χ4n) is 3.46. The Balaban J connectivity index is 1.95. The number of aromatic nitrogens is 2. The van der Waals surface area contributed by atoms with Crippen LogP contribution in [0.15, 0.2) is 95.5 Å². The van der Waals surface area contributed by atoms with Crippen LogP contribution < -0.4 is 0 Å². The van der Waals surface area contributed by atoms with Crippen LogP contribution in [0.3, 0.4) is 0 Å². The van der Waals surface area contributed by atoms with Gasteiger partial charge in [0.1, 0.15) is 6.04 Å². The third-order valence-corrected chi connectivity index (χ3v) is 5.41. The van der Waals surface area contributed by atoms with Gasteiger partial charge in [-0.2, -0.15) is 5.10 Å². The lowest BCUT2D eigenvalue weighted by Crippen LogP contribution is -2.23. The van der Waals surface area contributed by atoms with Crippen LogP contribution >= 0.6 is 15.9 Å². The van der Waals surface area contributed by atoms with Gasteiger partial charge in [-0.3, -0.25) is 4.79 Å². The quantitative estimate of drug-likeness (QED) is 0.270. The molecule has 154 valence electrons. The fourth-order valence-corrected chi connectivity index (χ4v) is 3.86. The Morgan fingerprint density at radius 2 is 1.58 bits per heavy atom. The summed E-state index contributed by atoms with van der Waals surface area (Å²) in [6.07, 6.45) is 0. The predicted octanol–water partition coefficient (Wildman–Crippen LogP) is 5.57. The maximum absolute atomic E-state index is 13.7. The maximum Gasteiger partial charge on any atom is 0.358 e. The first-order chi connectivity index (χ1) is 15.1. The summed E-state index contributed by atoms with van der Waals surface area (Å²) in [6.45, 7) is 0. The number of hydrogen-bond acceptors (Lipinski definition) is 4. The first kappa shape index (κ1) is 20.8. The molecule has 0 amide bonds. The van der Waals surface area contributed by atoms with E-state index in [-0.39, 0.29) is 11.5 Å². The van der Waals surface area contributed by atoms with Crippen LogP contribution in [0.25, 0.3) is 11.3 Å². The average molecular weight is 475 g/mol. The minimum absolute atomic E-state index is 0.123. The van der Waals surface area contributed by atoms with Gasteiger partial charge in [0.15, 0.2) is 11.5 Å². The lowest BCUT2D eigenvalue weighted by Gasteiger charge is -2.20. The second-order valence-corrected chi connectivity index (χ2v) is 7.82. The lowest BCUT2D eigenvalue weighted by molar-refractivity contribution is 0.0591. The molecule has 0 fully saturated rings. The number of hydrogen-bond donors (Lipinski definition) is 0. The van der Waals surface area contributed by atoms with Crippen molar-refractivity contribution in [3.8, 4) is 11.3 Å². The van der Waals surface area contributed by atoms with Gasteiger partial charge in [0.25, 0.3) is 0 Å². The molecule has 0 saturated carbocycles. The zero-order valence-corrected chi connectivity index (χ0v) is 18.3. The molecular weight excluding hydrogens is 456 g/mol. The molecule has 1 atom stereocenters. The van der Waals surface area contributed by atoms with E-state index in [0.29, 0.717) is 11.3 Å². The lowest BCUT2D eigenvalue weighted by atomic mass is 9.97. The number of ketones is 1. The molecule has 4 rings (SSSR count). The third-order valence-electron chi connectivity index (χ3n) is 4.92. The van der Waals surface area contributed by atoms with Gasteiger partial charge in [-0.05, 0) is 23.8 Å². The largest absolute Gasteiger partial charge is 0.464 e. The molecule has 0 aliphatic carbocycles. The van der Waals surface area contributed by atoms with E-state index < -0.39 is 12.0 Å². The highest BCUT2D eigenvalue weighted by Crippen LogP contribution is 2.31. The van der Waals surface area contributed by atoms with Gasteiger partial charge in [0.05, 0.1) is 12.8 Å². The molecule has 0 bridgehead atoms. The topological polar surface area (TPSA) is 61.2 Å². The summed E-state index contributed by atoms with van der Waals surface area (Å²) in [6, 6.07) is 27.0. The van der Waals surface area contributed by atoms with E-state index in [4.69, 9.17) is 4.74 Å². The van der Waals surface area contributed by atoms with Gasteiger partial charge in [-0.15, -0.1) is 0 Å². The molecule has 6 heteroatoms. The molecule has 1 unspecified atom stereocenters. The van der Waals surface area contributed by atoms with Gasteiger partial charge >= 0.3 is 5.97 Å². The number of rotatable bonds is 6. The number of Topliss-reactive ketones (excluding diaryl/α,β-unsaturated/α-hetero) is 1. The number of esters is 1. The molecule has 0 spiro atoms. The minimum atomic E-state index is -0.754. The molecule has 3 aromatic carbocycles. The second kappa shape index (κ2) is 9.10. The maximum atomic E-state index is 13.7. The summed E-state index contributed by atoms with van der Waals surface area (Å²) in [7, 11) is 1.31. The van der Waals surface area contributed by atoms with Crippen molar-refractivity contribution in [1.82, 2.24) is 9.78 Å². The van der Waals surface area contributed by atoms with Crippen LogP contribution in [0.5, 0.6) is 0 Å². The van der Waals surface area contributed by atoms with Gasteiger partial charge in [-0.1, -0.05) is 88.7 Å². The van der Waals surface area contributed by atoms with Crippen LogP contribution in [-0.2, 0) is 4.74 Å². The van der Waals surface area contributed by atoms with E-state index in [1.807, 2.05) is 72.8 Å². The van der Waals surface area contributed by atoms with Crippen molar-refractivity contribution < 1.29 is 14.3 Å². The molecule has 0 aliphatic rings. The highest BCUT2D eigenvalue weighted by atomic mass is 79.9. The summed E-state index contributed by atoms with van der Waals surface area (Å²) in [4.78, 5) is 25.9. The fraction of sp³-hybridized carbons (Fsp3) is 0.0800. The van der Waals surface area contributed by atoms with Crippen LogP contribution in [-0.4, -0.2) is 28.6 Å². The number of nitrogens with zero attached hydrogens (tertiary/aromatic N) is 2. The Kier molecular flexibility index (Phi) is 6.09. The van der Waals surface area contributed by atoms with Crippen LogP contribution in [0.4, 0.5) is 0 Å². The first-order valence-electron chi connectivity index (χ1n) is 9.66. The summed E-state index contributed by atoms with van der Waals surface area (Å²) >= 11 is 3.49. The highest BCUT2D eigenvalue weighted by molar-refractivity contribution is 9.10. The number of carbonyl (C=O) groups is 2. The van der Waals surface area contributed by atoms with Crippen molar-refractivity contribution >= 4 is 27.7 Å². The Morgan fingerprint density at radius 1 is 0.903 bits per heavy atom. The van der Waals surface area contributed by atoms with Crippen molar-refractivity contribution in [2.75, 3.05) is 7.11 Å². The van der Waals surface area contributed by atoms with Crippen LogP contribution in [0, 0.1) is 0 Å². The number of benzene rings is 3. The van der Waals surface area contributed by atoms with Crippen molar-refractivity contribution in [1.29, 1.82) is 0 Å². The smallest absolute Gasteiger partial charge is 0.358 e. The summed E-state index contributed by atoms with van der Waals surface area (Å²) in [5.41, 5.74) is 2.93. The monoisotopic (exact) mass is 474 g/mol. The molecular formula is C25H19BrN2O3. The van der Waals surface area contributed by atoms with E-state index in [0.717, 1.165) is 15.6 Å². The molecule has 1 heterocycles. The van der Waals surface area contributed by atoms with Crippen molar-refractivity contribution in [3.63, 3.8) is 0 Å². The van der Waals surface area contributed by atoms with Crippen molar-refractivity contribution in [2.24, 2.45) is 0 Å². The summed E-state index contributed by atoms with van der Waals surface area (Å²) in [5.74, 6) is -0.684. The summed E-state index contributed by atoms with van der Waals surface area (Å²) in [5, 5.41) is 4.52. The Morgan fingerprint density at radius 3 is 2.23 bits per heavy atom. The number of ether oxygens (including phenoxy) is 1.